The van der Waals surface area contributed by atoms with Crippen LogP contribution in [-0.4, -0.2) is 20.6 Å². The molecule has 2 aromatic carbocycles. The fourth-order valence-electron chi connectivity index (χ4n) is 2.68. The molecule has 112 valence electrons. The Kier molecular flexibility index (Phi) is 4.69. The first-order chi connectivity index (χ1) is 9.94. The first kappa shape index (κ1) is 15.6. The van der Waals surface area contributed by atoms with Crippen LogP contribution in [0.2, 0.25) is 0 Å². The summed E-state index contributed by atoms with van der Waals surface area (Å²) in [5.74, 6) is 0. The quantitative estimate of drug-likeness (QED) is 0.909. The number of rotatable bonds is 5. The van der Waals surface area contributed by atoms with Crippen molar-refractivity contribution in [3.05, 3.63) is 65.2 Å². The lowest BCUT2D eigenvalue weighted by molar-refractivity contribution is 0.481. The third-order valence-corrected chi connectivity index (χ3v) is 4.21. The standard InChI is InChI=1S/C19H26N2/c1-15-6-5-7-17(12-15)19(2,14-20)13-16-8-10-18(11-9-16)21(3)4/h5-12H,13-14,20H2,1-4H3. The summed E-state index contributed by atoms with van der Waals surface area (Å²) in [6, 6.07) is 17.4. The molecule has 2 rings (SSSR count). The highest BCUT2D eigenvalue weighted by Crippen LogP contribution is 2.28. The van der Waals surface area contributed by atoms with Gasteiger partial charge in [-0.2, -0.15) is 0 Å². The van der Waals surface area contributed by atoms with E-state index in [0.29, 0.717) is 6.54 Å². The van der Waals surface area contributed by atoms with E-state index >= 15 is 0 Å². The largest absolute Gasteiger partial charge is 0.378 e. The maximum atomic E-state index is 6.11. The second-order valence-electron chi connectivity index (χ2n) is 6.37. The summed E-state index contributed by atoms with van der Waals surface area (Å²) in [6.45, 7) is 5.03. The Morgan fingerprint density at radius 3 is 2.24 bits per heavy atom. The van der Waals surface area contributed by atoms with Gasteiger partial charge in [0, 0.05) is 31.7 Å². The number of benzene rings is 2. The molecule has 1 atom stereocenters. The first-order valence-electron chi connectivity index (χ1n) is 7.48. The fourth-order valence-corrected chi connectivity index (χ4v) is 2.68. The molecule has 0 aliphatic heterocycles. The summed E-state index contributed by atoms with van der Waals surface area (Å²) in [7, 11) is 4.12. The molecule has 0 fully saturated rings. The number of hydrogen-bond acceptors (Lipinski definition) is 2. The fraction of sp³-hybridized carbons (Fsp3) is 0.368. The molecule has 2 heteroatoms. The van der Waals surface area contributed by atoms with E-state index in [1.54, 1.807) is 0 Å². The lowest BCUT2D eigenvalue weighted by Gasteiger charge is -2.29. The van der Waals surface area contributed by atoms with E-state index in [2.05, 4.69) is 81.4 Å². The number of nitrogens with zero attached hydrogens (tertiary/aromatic N) is 1. The van der Waals surface area contributed by atoms with Gasteiger partial charge >= 0.3 is 0 Å². The van der Waals surface area contributed by atoms with Gasteiger partial charge in [0.15, 0.2) is 0 Å². The van der Waals surface area contributed by atoms with Crippen molar-refractivity contribution in [1.82, 2.24) is 0 Å². The molecule has 2 aromatic rings. The van der Waals surface area contributed by atoms with Crippen molar-refractivity contribution in [1.29, 1.82) is 0 Å². The maximum absolute atomic E-state index is 6.11. The van der Waals surface area contributed by atoms with Crippen LogP contribution in [0.1, 0.15) is 23.6 Å². The van der Waals surface area contributed by atoms with Crippen molar-refractivity contribution in [2.45, 2.75) is 25.7 Å². The van der Waals surface area contributed by atoms with E-state index in [9.17, 15) is 0 Å². The van der Waals surface area contributed by atoms with Crippen LogP contribution in [0, 0.1) is 6.92 Å². The molecular formula is C19H26N2. The number of nitrogens with two attached hydrogens (primary N) is 1. The molecule has 0 radical (unpaired) electrons. The molecule has 0 aromatic heterocycles. The molecule has 0 amide bonds. The highest BCUT2D eigenvalue weighted by atomic mass is 15.1. The Labute approximate surface area is 128 Å². The van der Waals surface area contributed by atoms with E-state index < -0.39 is 0 Å². The minimum absolute atomic E-state index is 0.0222. The predicted molar refractivity (Wildman–Crippen MR) is 92.1 cm³/mol. The zero-order valence-corrected chi connectivity index (χ0v) is 13.6. The van der Waals surface area contributed by atoms with Crippen molar-refractivity contribution in [3.63, 3.8) is 0 Å². The van der Waals surface area contributed by atoms with Crippen LogP contribution in [0.3, 0.4) is 0 Å². The molecule has 0 spiro atoms. The number of aryl methyl sites for hydroxylation is 1. The Bertz CT molecular complexity index is 587. The molecule has 0 heterocycles. The van der Waals surface area contributed by atoms with Crippen molar-refractivity contribution in [2.24, 2.45) is 5.73 Å². The monoisotopic (exact) mass is 282 g/mol. The third kappa shape index (κ3) is 3.64. The third-order valence-electron chi connectivity index (χ3n) is 4.21. The maximum Gasteiger partial charge on any atom is 0.0361 e. The van der Waals surface area contributed by atoms with Crippen molar-refractivity contribution < 1.29 is 0 Å². The zero-order chi connectivity index (χ0) is 15.5. The summed E-state index contributed by atoms with van der Waals surface area (Å²) in [6.07, 6.45) is 0.959. The van der Waals surface area contributed by atoms with E-state index in [4.69, 9.17) is 5.73 Å². The van der Waals surface area contributed by atoms with Crippen LogP contribution < -0.4 is 10.6 Å². The van der Waals surface area contributed by atoms with Crippen LogP contribution in [0.15, 0.2) is 48.5 Å². The summed E-state index contributed by atoms with van der Waals surface area (Å²) in [4.78, 5) is 2.12. The summed E-state index contributed by atoms with van der Waals surface area (Å²) >= 11 is 0. The zero-order valence-electron chi connectivity index (χ0n) is 13.6. The van der Waals surface area contributed by atoms with Crippen LogP contribution in [-0.2, 0) is 11.8 Å². The smallest absolute Gasteiger partial charge is 0.0361 e. The van der Waals surface area contributed by atoms with Crippen LogP contribution in [0.5, 0.6) is 0 Å². The normalized spacial score (nSPS) is 13.8. The highest BCUT2D eigenvalue weighted by molar-refractivity contribution is 5.46. The van der Waals surface area contributed by atoms with E-state index in [1.165, 1.54) is 22.4 Å². The summed E-state index contributed by atoms with van der Waals surface area (Å²) in [5.41, 5.74) is 11.2. The minimum Gasteiger partial charge on any atom is -0.378 e. The van der Waals surface area contributed by atoms with Crippen molar-refractivity contribution in [2.75, 3.05) is 25.5 Å². The van der Waals surface area contributed by atoms with Gasteiger partial charge in [-0.25, -0.2) is 0 Å². The molecule has 0 saturated heterocycles. The van der Waals surface area contributed by atoms with Crippen LogP contribution >= 0.6 is 0 Å². The Balaban J connectivity index is 2.25. The average Bonchev–Trinajstić information content (AvgIpc) is 2.47. The van der Waals surface area contributed by atoms with Gasteiger partial charge in [-0.15, -0.1) is 0 Å². The van der Waals surface area contributed by atoms with Gasteiger partial charge < -0.3 is 10.6 Å². The van der Waals surface area contributed by atoms with E-state index in [-0.39, 0.29) is 5.41 Å². The van der Waals surface area contributed by atoms with Crippen molar-refractivity contribution >= 4 is 5.69 Å². The predicted octanol–water partition coefficient (Wildman–Crippen LogP) is 3.52. The molecule has 1 unspecified atom stereocenters. The van der Waals surface area contributed by atoms with Gasteiger partial charge in [-0.3, -0.25) is 0 Å². The molecular weight excluding hydrogens is 256 g/mol. The Hall–Kier alpha value is -1.80. The van der Waals surface area contributed by atoms with Crippen LogP contribution in [0.4, 0.5) is 5.69 Å². The topological polar surface area (TPSA) is 29.3 Å². The molecule has 0 saturated carbocycles. The highest BCUT2D eigenvalue weighted by Gasteiger charge is 2.25. The number of hydrogen-bond donors (Lipinski definition) is 1. The van der Waals surface area contributed by atoms with Gasteiger partial charge in [-0.05, 0) is 36.6 Å². The Morgan fingerprint density at radius 1 is 1.05 bits per heavy atom. The summed E-state index contributed by atoms with van der Waals surface area (Å²) in [5, 5.41) is 0. The molecule has 0 aliphatic rings. The molecule has 0 aliphatic carbocycles. The van der Waals surface area contributed by atoms with Crippen molar-refractivity contribution in [3.8, 4) is 0 Å². The van der Waals surface area contributed by atoms with E-state index in [1.807, 2.05) is 0 Å². The first-order valence-corrected chi connectivity index (χ1v) is 7.48. The van der Waals surface area contributed by atoms with Gasteiger partial charge in [0.1, 0.15) is 0 Å². The molecule has 0 bridgehead atoms. The molecule has 2 nitrogen and oxygen atoms in total. The van der Waals surface area contributed by atoms with Gasteiger partial charge in [-0.1, -0.05) is 48.9 Å². The second-order valence-corrected chi connectivity index (χ2v) is 6.37. The van der Waals surface area contributed by atoms with E-state index in [0.717, 1.165) is 6.42 Å². The lowest BCUT2D eigenvalue weighted by Crippen LogP contribution is -2.34. The lowest BCUT2D eigenvalue weighted by atomic mass is 9.77. The second kappa shape index (κ2) is 6.31. The van der Waals surface area contributed by atoms with Gasteiger partial charge in [0.05, 0.1) is 0 Å². The average molecular weight is 282 g/mol. The van der Waals surface area contributed by atoms with Gasteiger partial charge in [0.2, 0.25) is 0 Å². The Morgan fingerprint density at radius 2 is 1.71 bits per heavy atom. The van der Waals surface area contributed by atoms with Gasteiger partial charge in [0.25, 0.3) is 0 Å². The number of anilines is 1. The SMILES string of the molecule is Cc1cccc(C(C)(CN)Cc2ccc(N(C)C)cc2)c1. The molecule has 2 N–H and O–H groups in total. The minimum atomic E-state index is -0.0222. The molecule has 21 heavy (non-hydrogen) atoms. The van der Waals surface area contributed by atoms with Crippen LogP contribution in [0.25, 0.3) is 0 Å². The summed E-state index contributed by atoms with van der Waals surface area (Å²) < 4.78 is 0.